The summed E-state index contributed by atoms with van der Waals surface area (Å²) in [6.45, 7) is 6.32. The zero-order chi connectivity index (χ0) is 8.69. The van der Waals surface area contributed by atoms with Gasteiger partial charge in [-0.25, -0.2) is 0 Å². The van der Waals surface area contributed by atoms with Crippen LogP contribution in [0.2, 0.25) is 0 Å². The van der Waals surface area contributed by atoms with E-state index in [1.54, 1.807) is 17.5 Å². The highest BCUT2D eigenvalue weighted by Gasteiger charge is 1.91. The topological polar surface area (TPSA) is 12.9 Å². The Morgan fingerprint density at radius 3 is 2.18 bits per heavy atom. The summed E-state index contributed by atoms with van der Waals surface area (Å²) in [5.74, 6) is 0. The molecule has 1 heterocycles. The zero-order valence-electron chi connectivity index (χ0n) is 7.42. The maximum absolute atomic E-state index is 5.41. The van der Waals surface area contributed by atoms with Crippen LogP contribution in [0.25, 0.3) is 0 Å². The third-order valence-corrected chi connectivity index (χ3v) is 1.84. The van der Waals surface area contributed by atoms with Gasteiger partial charge in [0.2, 0.25) is 0 Å². The summed E-state index contributed by atoms with van der Waals surface area (Å²) < 4.78 is 0.807. The highest BCUT2D eigenvalue weighted by atomic mass is 32.1. The molecule has 0 saturated heterocycles. The van der Waals surface area contributed by atoms with E-state index in [-0.39, 0.29) is 0 Å². The molecule has 0 amide bonds. The Labute approximate surface area is 74.3 Å². The standard InChI is InChI=1S/C5H6BNS.C3H8/c1-2-5-7-3-4(6)8-5;1-3-2/h3H,2H2,1H3;3H2,1-2H3. The molecule has 1 aromatic rings. The van der Waals surface area contributed by atoms with Crippen molar-refractivity contribution in [3.05, 3.63) is 11.2 Å². The lowest BCUT2D eigenvalue weighted by Crippen LogP contribution is -1.89. The molecule has 0 aromatic carbocycles. The van der Waals surface area contributed by atoms with Gasteiger partial charge in [0.15, 0.2) is 0 Å². The molecular formula is C8H14BNS. The first-order valence-corrected chi connectivity index (χ1v) is 4.76. The quantitative estimate of drug-likeness (QED) is 0.582. The molecule has 0 atom stereocenters. The van der Waals surface area contributed by atoms with Gasteiger partial charge >= 0.3 is 0 Å². The van der Waals surface area contributed by atoms with Crippen molar-refractivity contribution in [2.75, 3.05) is 0 Å². The van der Waals surface area contributed by atoms with Crippen LogP contribution in [0.3, 0.4) is 0 Å². The van der Waals surface area contributed by atoms with Crippen LogP contribution >= 0.6 is 11.3 Å². The second-order valence-electron chi connectivity index (χ2n) is 2.22. The van der Waals surface area contributed by atoms with Gasteiger partial charge in [0.05, 0.1) is 5.01 Å². The van der Waals surface area contributed by atoms with Gasteiger partial charge in [-0.1, -0.05) is 27.2 Å². The number of thiazole rings is 1. The molecule has 1 rings (SSSR count). The first-order chi connectivity index (χ1) is 5.24. The maximum atomic E-state index is 5.41. The third-order valence-electron chi connectivity index (χ3n) is 0.874. The Kier molecular flexibility index (Phi) is 6.23. The first kappa shape index (κ1) is 10.7. The van der Waals surface area contributed by atoms with Crippen molar-refractivity contribution in [1.82, 2.24) is 4.98 Å². The first-order valence-electron chi connectivity index (χ1n) is 3.94. The van der Waals surface area contributed by atoms with E-state index in [1.807, 2.05) is 0 Å². The average molecular weight is 167 g/mol. The van der Waals surface area contributed by atoms with Crippen molar-refractivity contribution in [3.8, 4) is 0 Å². The molecule has 0 fully saturated rings. The summed E-state index contributed by atoms with van der Waals surface area (Å²) in [6, 6.07) is 0. The Balaban J connectivity index is 0.000000292. The third kappa shape index (κ3) is 5.02. The van der Waals surface area contributed by atoms with E-state index >= 15 is 0 Å². The number of nitrogens with zero attached hydrogens (tertiary/aromatic N) is 1. The highest BCUT2D eigenvalue weighted by Crippen LogP contribution is 1.99. The van der Waals surface area contributed by atoms with E-state index in [0.29, 0.717) is 0 Å². The lowest BCUT2D eigenvalue weighted by atomic mass is 10.1. The van der Waals surface area contributed by atoms with Crippen molar-refractivity contribution in [2.45, 2.75) is 33.6 Å². The molecule has 11 heavy (non-hydrogen) atoms. The van der Waals surface area contributed by atoms with Gasteiger partial charge in [-0.3, -0.25) is 4.98 Å². The van der Waals surface area contributed by atoms with E-state index in [2.05, 4.69) is 25.8 Å². The molecule has 0 spiro atoms. The Morgan fingerprint density at radius 2 is 2.00 bits per heavy atom. The van der Waals surface area contributed by atoms with Crippen LogP contribution < -0.4 is 4.78 Å². The van der Waals surface area contributed by atoms with Gasteiger partial charge in [0.1, 0.15) is 7.85 Å². The molecule has 0 N–H and O–H groups in total. The maximum Gasteiger partial charge on any atom is 0.131 e. The van der Waals surface area contributed by atoms with Crippen LogP contribution in [0.1, 0.15) is 32.2 Å². The van der Waals surface area contributed by atoms with Gasteiger partial charge in [-0.05, 0) is 11.2 Å². The minimum absolute atomic E-state index is 0.807. The van der Waals surface area contributed by atoms with Gasteiger partial charge < -0.3 is 0 Å². The van der Waals surface area contributed by atoms with E-state index in [9.17, 15) is 0 Å². The van der Waals surface area contributed by atoms with Crippen molar-refractivity contribution in [1.29, 1.82) is 0 Å². The van der Waals surface area contributed by atoms with Crippen LogP contribution in [0.15, 0.2) is 6.20 Å². The Bertz CT molecular complexity index is 186. The number of aryl methyl sites for hydroxylation is 1. The zero-order valence-corrected chi connectivity index (χ0v) is 8.24. The van der Waals surface area contributed by atoms with E-state index < -0.39 is 0 Å². The molecule has 2 radical (unpaired) electrons. The van der Waals surface area contributed by atoms with Crippen molar-refractivity contribution < 1.29 is 0 Å². The summed E-state index contributed by atoms with van der Waals surface area (Å²) in [6.07, 6.45) is 3.94. The molecule has 1 aromatic heterocycles. The highest BCUT2D eigenvalue weighted by molar-refractivity contribution is 7.19. The van der Waals surface area contributed by atoms with Gasteiger partial charge in [-0.2, -0.15) is 0 Å². The molecule has 1 nitrogen and oxygen atoms in total. The smallest absolute Gasteiger partial charge is 0.131 e. The van der Waals surface area contributed by atoms with Gasteiger partial charge in [0.25, 0.3) is 0 Å². The predicted octanol–water partition coefficient (Wildman–Crippen LogP) is 1.92. The number of hydrogen-bond acceptors (Lipinski definition) is 2. The second kappa shape index (κ2) is 6.41. The lowest BCUT2D eigenvalue weighted by Gasteiger charge is -1.78. The van der Waals surface area contributed by atoms with E-state index in [4.69, 9.17) is 7.85 Å². The molecule has 3 heteroatoms. The summed E-state index contributed by atoms with van der Waals surface area (Å²) in [4.78, 5) is 4.03. The molecular weight excluding hydrogens is 153 g/mol. The van der Waals surface area contributed by atoms with Gasteiger partial charge in [-0.15, -0.1) is 11.3 Å². The fourth-order valence-electron chi connectivity index (χ4n) is 0.488. The Hall–Kier alpha value is -0.305. The van der Waals surface area contributed by atoms with Gasteiger partial charge in [0, 0.05) is 6.20 Å². The summed E-state index contributed by atoms with van der Waals surface area (Å²) in [7, 11) is 5.41. The van der Waals surface area contributed by atoms with Crippen molar-refractivity contribution in [2.24, 2.45) is 0 Å². The molecule has 0 bridgehead atoms. The number of aromatic nitrogens is 1. The Morgan fingerprint density at radius 1 is 1.45 bits per heavy atom. The number of rotatable bonds is 1. The van der Waals surface area contributed by atoms with Crippen LogP contribution in [-0.2, 0) is 6.42 Å². The monoisotopic (exact) mass is 167 g/mol. The molecule has 60 valence electrons. The molecule has 0 aliphatic carbocycles. The summed E-state index contributed by atoms with van der Waals surface area (Å²) >= 11 is 1.55. The molecule has 0 unspecified atom stereocenters. The van der Waals surface area contributed by atoms with Crippen LogP contribution in [-0.4, -0.2) is 12.8 Å². The number of hydrogen-bond donors (Lipinski definition) is 0. The van der Waals surface area contributed by atoms with Crippen molar-refractivity contribution >= 4 is 24.0 Å². The summed E-state index contributed by atoms with van der Waals surface area (Å²) in [5.41, 5.74) is 0. The van der Waals surface area contributed by atoms with E-state index in [0.717, 1.165) is 16.2 Å². The average Bonchev–Trinajstić information content (AvgIpc) is 2.37. The molecule has 0 aliphatic rings. The summed E-state index contributed by atoms with van der Waals surface area (Å²) in [5, 5.41) is 1.11. The van der Waals surface area contributed by atoms with E-state index in [1.165, 1.54) is 6.42 Å². The van der Waals surface area contributed by atoms with Crippen LogP contribution in [0.4, 0.5) is 0 Å². The van der Waals surface area contributed by atoms with Crippen LogP contribution in [0.5, 0.6) is 0 Å². The minimum atomic E-state index is 0.807. The largest absolute Gasteiger partial charge is 0.250 e. The minimum Gasteiger partial charge on any atom is -0.250 e. The van der Waals surface area contributed by atoms with Crippen LogP contribution in [0, 0.1) is 0 Å². The molecule has 0 saturated carbocycles. The normalized spacial score (nSPS) is 8.64. The fraction of sp³-hybridized carbons (Fsp3) is 0.625. The lowest BCUT2D eigenvalue weighted by molar-refractivity contribution is 1.09. The molecule has 0 aliphatic heterocycles. The fourth-order valence-corrected chi connectivity index (χ4v) is 1.12. The second-order valence-corrected chi connectivity index (χ2v) is 3.36. The SMILES string of the molecule is CCC.[B]c1cnc(CC)s1. The predicted molar refractivity (Wildman–Crippen MR) is 52.8 cm³/mol. The van der Waals surface area contributed by atoms with Crippen molar-refractivity contribution in [3.63, 3.8) is 0 Å².